The van der Waals surface area contributed by atoms with Gasteiger partial charge < -0.3 is 14.5 Å². The number of methoxy groups -OCH3 is 1. The lowest BCUT2D eigenvalue weighted by molar-refractivity contribution is -0.156. The van der Waals surface area contributed by atoms with Crippen LogP contribution in [0.1, 0.15) is 58.6 Å². The standard InChI is InChI=1S/C31H38FN3O3/c1-31(2,3)38-29(36)19-35-15-12-21(13-16-35)20-5-7-22(8-6-20)27-18-26-24(11-14-33-30(26)34-27)25-17-23(32)9-10-28(25)37-4/h7,9-11,14,17-18,20-21H,5-6,8,12-13,15-16,19H2,1-4H3,(H,33,34). The Morgan fingerprint density at radius 3 is 2.58 bits per heavy atom. The minimum atomic E-state index is -0.434. The van der Waals surface area contributed by atoms with E-state index in [-0.39, 0.29) is 11.8 Å². The molecular formula is C31H38FN3O3. The molecule has 0 radical (unpaired) electrons. The fourth-order valence-corrected chi connectivity index (χ4v) is 5.99. The highest BCUT2D eigenvalue weighted by Gasteiger charge is 2.29. The molecule has 1 aliphatic heterocycles. The number of aromatic amines is 1. The number of hydrogen-bond acceptors (Lipinski definition) is 5. The molecule has 0 amide bonds. The van der Waals surface area contributed by atoms with Crippen molar-refractivity contribution in [1.29, 1.82) is 0 Å². The number of nitrogens with zero attached hydrogens (tertiary/aromatic N) is 2. The summed E-state index contributed by atoms with van der Waals surface area (Å²) in [5.41, 5.74) is 4.39. The zero-order valence-corrected chi connectivity index (χ0v) is 22.9. The maximum atomic E-state index is 14.1. The quantitative estimate of drug-likeness (QED) is 0.371. The lowest BCUT2D eigenvalue weighted by Gasteiger charge is -2.37. The molecule has 38 heavy (non-hydrogen) atoms. The molecule has 6 nitrogen and oxygen atoms in total. The van der Waals surface area contributed by atoms with Crippen LogP contribution >= 0.6 is 0 Å². The lowest BCUT2D eigenvalue weighted by atomic mass is 9.76. The topological polar surface area (TPSA) is 67.5 Å². The highest BCUT2D eigenvalue weighted by atomic mass is 19.1. The molecule has 0 bridgehead atoms. The molecule has 3 aromatic rings. The molecule has 2 aromatic heterocycles. The van der Waals surface area contributed by atoms with Crippen LogP contribution in [0.2, 0.25) is 0 Å². The highest BCUT2D eigenvalue weighted by molar-refractivity contribution is 5.96. The van der Waals surface area contributed by atoms with Crippen molar-refractivity contribution < 1.29 is 18.7 Å². The number of carbonyl (C=O) groups is 1. The van der Waals surface area contributed by atoms with Gasteiger partial charge in [0.2, 0.25) is 0 Å². The van der Waals surface area contributed by atoms with Gasteiger partial charge in [-0.05, 0) is 119 Å². The Morgan fingerprint density at radius 2 is 1.89 bits per heavy atom. The van der Waals surface area contributed by atoms with Crippen molar-refractivity contribution in [2.24, 2.45) is 11.8 Å². The first-order valence-electron chi connectivity index (χ1n) is 13.7. The van der Waals surface area contributed by atoms with Gasteiger partial charge in [0, 0.05) is 22.8 Å². The summed E-state index contributed by atoms with van der Waals surface area (Å²) in [6.45, 7) is 8.03. The Morgan fingerprint density at radius 1 is 1.11 bits per heavy atom. The average molecular weight is 520 g/mol. The summed E-state index contributed by atoms with van der Waals surface area (Å²) in [6.07, 6.45) is 9.65. The number of benzene rings is 1. The number of hydrogen-bond donors (Lipinski definition) is 1. The van der Waals surface area contributed by atoms with Gasteiger partial charge in [0.05, 0.1) is 13.7 Å². The van der Waals surface area contributed by atoms with Crippen molar-refractivity contribution in [3.63, 3.8) is 0 Å². The molecule has 5 rings (SSSR count). The van der Waals surface area contributed by atoms with Gasteiger partial charge in [0.15, 0.2) is 0 Å². The summed E-state index contributed by atoms with van der Waals surface area (Å²) in [5.74, 6) is 1.58. The molecule has 2 aliphatic rings. The molecule has 1 fully saturated rings. The first-order chi connectivity index (χ1) is 18.2. The van der Waals surface area contributed by atoms with Gasteiger partial charge in [0.1, 0.15) is 22.8 Å². The van der Waals surface area contributed by atoms with Crippen LogP contribution in [-0.2, 0) is 9.53 Å². The van der Waals surface area contributed by atoms with E-state index in [1.54, 1.807) is 19.4 Å². The molecule has 1 atom stereocenters. The van der Waals surface area contributed by atoms with Crippen molar-refractivity contribution in [2.45, 2.75) is 58.5 Å². The van der Waals surface area contributed by atoms with E-state index in [1.165, 1.54) is 17.7 Å². The maximum absolute atomic E-state index is 14.1. The number of carbonyl (C=O) groups excluding carboxylic acids is 1. The molecule has 202 valence electrons. The minimum absolute atomic E-state index is 0.131. The minimum Gasteiger partial charge on any atom is -0.496 e. The number of nitrogens with one attached hydrogen (secondary N) is 1. The first-order valence-corrected chi connectivity index (χ1v) is 13.7. The molecule has 1 saturated heterocycles. The monoisotopic (exact) mass is 519 g/mol. The van der Waals surface area contributed by atoms with Crippen LogP contribution < -0.4 is 4.74 Å². The maximum Gasteiger partial charge on any atom is 0.320 e. The highest BCUT2D eigenvalue weighted by Crippen LogP contribution is 2.40. The van der Waals surface area contributed by atoms with Gasteiger partial charge in [-0.25, -0.2) is 9.37 Å². The number of likely N-dealkylation sites (tertiary alicyclic amines) is 1. The van der Waals surface area contributed by atoms with Gasteiger partial charge in [-0.15, -0.1) is 0 Å². The molecule has 1 aromatic carbocycles. The molecule has 0 saturated carbocycles. The van der Waals surface area contributed by atoms with Gasteiger partial charge in [-0.1, -0.05) is 6.08 Å². The smallest absolute Gasteiger partial charge is 0.320 e. The van der Waals surface area contributed by atoms with E-state index in [2.05, 4.69) is 27.0 Å². The third-order valence-corrected chi connectivity index (χ3v) is 7.85. The largest absolute Gasteiger partial charge is 0.496 e. The molecular weight excluding hydrogens is 481 g/mol. The fourth-order valence-electron chi connectivity index (χ4n) is 5.99. The average Bonchev–Trinajstić information content (AvgIpc) is 3.33. The Balaban J connectivity index is 1.24. The Kier molecular flexibility index (Phi) is 7.57. The number of aromatic nitrogens is 2. The summed E-state index contributed by atoms with van der Waals surface area (Å²) in [4.78, 5) is 22.5. The zero-order chi connectivity index (χ0) is 26.9. The van der Waals surface area contributed by atoms with Crippen LogP contribution in [0.4, 0.5) is 4.39 Å². The van der Waals surface area contributed by atoms with Crippen LogP contribution in [0.3, 0.4) is 0 Å². The Bertz CT molecular complexity index is 1330. The van der Waals surface area contributed by atoms with E-state index >= 15 is 0 Å². The summed E-state index contributed by atoms with van der Waals surface area (Å²) < 4.78 is 25.1. The summed E-state index contributed by atoms with van der Waals surface area (Å²) in [5, 5.41) is 0.965. The van der Waals surface area contributed by atoms with Crippen LogP contribution in [0, 0.1) is 17.7 Å². The van der Waals surface area contributed by atoms with Crippen molar-refractivity contribution in [2.75, 3.05) is 26.7 Å². The third kappa shape index (κ3) is 5.93. The first kappa shape index (κ1) is 26.4. The van der Waals surface area contributed by atoms with Crippen molar-refractivity contribution >= 4 is 22.6 Å². The van der Waals surface area contributed by atoms with Crippen LogP contribution in [-0.4, -0.2) is 53.2 Å². The number of H-pyrrole nitrogens is 1. The Labute approximate surface area is 224 Å². The molecule has 3 heterocycles. The summed E-state index contributed by atoms with van der Waals surface area (Å²) in [6, 6.07) is 8.65. The summed E-state index contributed by atoms with van der Waals surface area (Å²) in [7, 11) is 1.60. The van der Waals surface area contributed by atoms with Crippen LogP contribution in [0.15, 0.2) is 42.6 Å². The van der Waals surface area contributed by atoms with Gasteiger partial charge in [-0.2, -0.15) is 0 Å². The van der Waals surface area contributed by atoms with Gasteiger partial charge in [-0.3, -0.25) is 9.69 Å². The predicted molar refractivity (Wildman–Crippen MR) is 148 cm³/mol. The third-order valence-electron chi connectivity index (χ3n) is 7.85. The van der Waals surface area contributed by atoms with Crippen molar-refractivity contribution in [3.05, 3.63) is 54.1 Å². The SMILES string of the molecule is COc1ccc(F)cc1-c1ccnc2[nH]c(C3=CCC(C4CCN(CC(=O)OC(C)(C)C)CC4)CC3)cc12. The van der Waals surface area contributed by atoms with Gasteiger partial charge in [0.25, 0.3) is 0 Å². The number of esters is 1. The van der Waals surface area contributed by atoms with E-state index in [9.17, 15) is 9.18 Å². The second-order valence-corrected chi connectivity index (χ2v) is 11.6. The van der Waals surface area contributed by atoms with E-state index in [0.717, 1.165) is 73.0 Å². The van der Waals surface area contributed by atoms with Crippen LogP contribution in [0.5, 0.6) is 5.75 Å². The van der Waals surface area contributed by atoms with E-state index < -0.39 is 5.60 Å². The van der Waals surface area contributed by atoms with E-state index in [1.807, 2.05) is 26.8 Å². The molecule has 1 aliphatic carbocycles. The van der Waals surface area contributed by atoms with Crippen molar-refractivity contribution in [1.82, 2.24) is 14.9 Å². The number of allylic oxidation sites excluding steroid dienone is 2. The zero-order valence-electron chi connectivity index (χ0n) is 22.9. The second kappa shape index (κ2) is 10.9. The number of piperidine rings is 1. The van der Waals surface area contributed by atoms with Crippen molar-refractivity contribution in [3.8, 4) is 16.9 Å². The molecule has 0 spiro atoms. The van der Waals surface area contributed by atoms with E-state index in [0.29, 0.717) is 24.1 Å². The lowest BCUT2D eigenvalue weighted by Crippen LogP contribution is -2.41. The number of pyridine rings is 1. The molecule has 1 N–H and O–H groups in total. The van der Waals surface area contributed by atoms with E-state index in [4.69, 9.17) is 9.47 Å². The van der Waals surface area contributed by atoms with Crippen LogP contribution in [0.25, 0.3) is 27.7 Å². The number of ether oxygens (including phenoxy) is 2. The Hall–Kier alpha value is -3.19. The molecule has 7 heteroatoms. The normalized spacial score (nSPS) is 19.4. The van der Waals surface area contributed by atoms with Gasteiger partial charge >= 0.3 is 5.97 Å². The fraction of sp³-hybridized carbons (Fsp3) is 0.484. The number of halogens is 1. The second-order valence-electron chi connectivity index (χ2n) is 11.6. The number of fused-ring (bicyclic) bond motifs is 1. The summed E-state index contributed by atoms with van der Waals surface area (Å²) >= 11 is 0. The molecule has 1 unspecified atom stereocenters. The predicted octanol–water partition coefficient (Wildman–Crippen LogP) is 6.61. The number of rotatable bonds is 6.